The van der Waals surface area contributed by atoms with Gasteiger partial charge in [0.2, 0.25) is 5.91 Å². The Kier molecular flexibility index (Phi) is 6.51. The van der Waals surface area contributed by atoms with Crippen LogP contribution in [-0.2, 0) is 19.4 Å². The summed E-state index contributed by atoms with van der Waals surface area (Å²) in [7, 11) is -3.06. The first-order valence-corrected chi connectivity index (χ1v) is 6.93. The number of nitrogens with one attached hydrogen (secondary N) is 1. The minimum Gasteiger partial charge on any atom is -0.377 e. The van der Waals surface area contributed by atoms with Gasteiger partial charge in [0, 0.05) is 19.2 Å². The molecule has 0 atom stereocenters. The standard InChI is InChI=1S/C9H19NO4S/c1-8(2)14-6-5-10-9(11)4-7-15(3,12)13/h8H,4-7H2,1-3H3,(H,10,11). The molecule has 0 aliphatic carbocycles. The third-order valence-electron chi connectivity index (χ3n) is 1.58. The molecule has 90 valence electrons. The third-order valence-corrected chi connectivity index (χ3v) is 2.52. The highest BCUT2D eigenvalue weighted by Gasteiger charge is 2.07. The van der Waals surface area contributed by atoms with Gasteiger partial charge in [-0.05, 0) is 13.8 Å². The zero-order valence-electron chi connectivity index (χ0n) is 9.45. The average Bonchev–Trinajstić information content (AvgIpc) is 2.07. The van der Waals surface area contributed by atoms with Crippen molar-refractivity contribution < 1.29 is 17.9 Å². The van der Waals surface area contributed by atoms with Crippen LogP contribution in [0.15, 0.2) is 0 Å². The van der Waals surface area contributed by atoms with Crippen molar-refractivity contribution in [3.8, 4) is 0 Å². The second-order valence-electron chi connectivity index (χ2n) is 3.65. The van der Waals surface area contributed by atoms with E-state index in [-0.39, 0.29) is 24.2 Å². The van der Waals surface area contributed by atoms with Gasteiger partial charge in [-0.3, -0.25) is 4.79 Å². The van der Waals surface area contributed by atoms with Crippen LogP contribution >= 0.6 is 0 Å². The van der Waals surface area contributed by atoms with Crippen LogP contribution in [0.1, 0.15) is 20.3 Å². The first-order valence-electron chi connectivity index (χ1n) is 4.87. The molecule has 0 unspecified atom stereocenters. The van der Waals surface area contributed by atoms with Crippen LogP contribution < -0.4 is 5.32 Å². The van der Waals surface area contributed by atoms with E-state index in [1.54, 1.807) is 0 Å². The van der Waals surface area contributed by atoms with Crippen LogP contribution in [0.2, 0.25) is 0 Å². The predicted molar refractivity (Wildman–Crippen MR) is 58.4 cm³/mol. The lowest BCUT2D eigenvalue weighted by Crippen LogP contribution is -2.29. The molecule has 0 bridgehead atoms. The van der Waals surface area contributed by atoms with Crippen LogP contribution in [0.5, 0.6) is 0 Å². The van der Waals surface area contributed by atoms with Crippen LogP contribution in [0.4, 0.5) is 0 Å². The van der Waals surface area contributed by atoms with E-state index in [0.29, 0.717) is 13.2 Å². The maximum atomic E-state index is 11.1. The minimum absolute atomic E-state index is 0.0144. The quantitative estimate of drug-likeness (QED) is 0.631. The lowest BCUT2D eigenvalue weighted by Gasteiger charge is -2.08. The Hall–Kier alpha value is -0.620. The second-order valence-corrected chi connectivity index (χ2v) is 5.91. The van der Waals surface area contributed by atoms with E-state index in [1.165, 1.54) is 0 Å². The van der Waals surface area contributed by atoms with Crippen molar-refractivity contribution in [1.29, 1.82) is 0 Å². The molecule has 0 fully saturated rings. The molecule has 1 amide bonds. The molecule has 0 radical (unpaired) electrons. The molecule has 0 aromatic heterocycles. The van der Waals surface area contributed by atoms with Gasteiger partial charge >= 0.3 is 0 Å². The second kappa shape index (κ2) is 6.79. The number of ether oxygens (including phenoxy) is 1. The molecule has 0 spiro atoms. The van der Waals surface area contributed by atoms with Gasteiger partial charge in [-0.1, -0.05) is 0 Å². The molecule has 0 aliphatic heterocycles. The van der Waals surface area contributed by atoms with Gasteiger partial charge < -0.3 is 10.1 Å². The first-order chi connectivity index (χ1) is 6.81. The molecular formula is C9H19NO4S. The molecule has 0 saturated heterocycles. The lowest BCUT2D eigenvalue weighted by molar-refractivity contribution is -0.121. The van der Waals surface area contributed by atoms with Crippen molar-refractivity contribution in [3.63, 3.8) is 0 Å². The number of carbonyl (C=O) groups is 1. The smallest absolute Gasteiger partial charge is 0.221 e. The fraction of sp³-hybridized carbons (Fsp3) is 0.889. The number of carbonyl (C=O) groups excluding carboxylic acids is 1. The van der Waals surface area contributed by atoms with E-state index in [0.717, 1.165) is 6.26 Å². The Morgan fingerprint density at radius 1 is 1.40 bits per heavy atom. The summed E-state index contributed by atoms with van der Waals surface area (Å²) < 4.78 is 26.7. The van der Waals surface area contributed by atoms with E-state index in [4.69, 9.17) is 4.74 Å². The summed E-state index contributed by atoms with van der Waals surface area (Å²) in [5.74, 6) is -0.364. The van der Waals surface area contributed by atoms with Crippen LogP contribution in [0.25, 0.3) is 0 Å². The van der Waals surface area contributed by atoms with Crippen molar-refractivity contribution in [1.82, 2.24) is 5.32 Å². The third kappa shape index (κ3) is 11.3. The van der Waals surface area contributed by atoms with E-state index in [2.05, 4.69) is 5.32 Å². The van der Waals surface area contributed by atoms with Crippen molar-refractivity contribution in [2.45, 2.75) is 26.4 Å². The molecule has 6 heteroatoms. The van der Waals surface area contributed by atoms with Crippen LogP contribution in [0, 0.1) is 0 Å². The Morgan fingerprint density at radius 3 is 2.47 bits per heavy atom. The topological polar surface area (TPSA) is 72.5 Å². The predicted octanol–water partition coefficient (Wildman–Crippen LogP) is -0.0377. The summed E-state index contributed by atoms with van der Waals surface area (Å²) in [5.41, 5.74) is 0. The molecular weight excluding hydrogens is 218 g/mol. The summed E-state index contributed by atoms with van der Waals surface area (Å²) in [6, 6.07) is 0. The van der Waals surface area contributed by atoms with Gasteiger partial charge in [0.1, 0.15) is 9.84 Å². The zero-order chi connectivity index (χ0) is 11.9. The molecule has 1 N–H and O–H groups in total. The normalized spacial score (nSPS) is 11.7. The van der Waals surface area contributed by atoms with Gasteiger partial charge in [-0.2, -0.15) is 0 Å². The van der Waals surface area contributed by atoms with E-state index in [1.807, 2.05) is 13.8 Å². The van der Waals surface area contributed by atoms with Gasteiger partial charge in [-0.15, -0.1) is 0 Å². The molecule has 0 aromatic carbocycles. The summed E-state index contributed by atoms with van der Waals surface area (Å²) >= 11 is 0. The highest BCUT2D eigenvalue weighted by molar-refractivity contribution is 7.90. The van der Waals surface area contributed by atoms with Crippen molar-refractivity contribution >= 4 is 15.7 Å². The fourth-order valence-electron chi connectivity index (χ4n) is 0.852. The number of hydrogen-bond donors (Lipinski definition) is 1. The Morgan fingerprint density at radius 2 is 2.00 bits per heavy atom. The van der Waals surface area contributed by atoms with Crippen molar-refractivity contribution in [2.75, 3.05) is 25.2 Å². The van der Waals surface area contributed by atoms with Gasteiger partial charge in [0.05, 0.1) is 18.5 Å². The van der Waals surface area contributed by atoms with Gasteiger partial charge in [0.15, 0.2) is 0 Å². The van der Waals surface area contributed by atoms with Crippen molar-refractivity contribution in [3.05, 3.63) is 0 Å². The number of amides is 1. The SMILES string of the molecule is CC(C)OCCNC(=O)CCS(C)(=O)=O. The fourth-order valence-corrected chi connectivity index (χ4v) is 1.41. The number of hydrogen-bond acceptors (Lipinski definition) is 4. The summed E-state index contributed by atoms with van der Waals surface area (Å²) in [5, 5.41) is 2.58. The van der Waals surface area contributed by atoms with Crippen LogP contribution in [-0.4, -0.2) is 45.6 Å². The molecule has 0 aromatic rings. The maximum absolute atomic E-state index is 11.1. The molecule has 5 nitrogen and oxygen atoms in total. The molecule has 0 heterocycles. The highest BCUT2D eigenvalue weighted by Crippen LogP contribution is 1.89. The van der Waals surface area contributed by atoms with Gasteiger partial charge in [-0.25, -0.2) is 8.42 Å². The van der Waals surface area contributed by atoms with E-state index < -0.39 is 9.84 Å². The minimum atomic E-state index is -3.06. The summed E-state index contributed by atoms with van der Waals surface area (Å²) in [6.07, 6.45) is 1.26. The monoisotopic (exact) mass is 237 g/mol. The molecule has 0 saturated carbocycles. The first kappa shape index (κ1) is 14.4. The Labute approximate surface area is 91.1 Å². The van der Waals surface area contributed by atoms with E-state index >= 15 is 0 Å². The van der Waals surface area contributed by atoms with Crippen LogP contribution in [0.3, 0.4) is 0 Å². The number of sulfone groups is 1. The molecule has 0 aliphatic rings. The lowest BCUT2D eigenvalue weighted by atomic mass is 10.4. The maximum Gasteiger partial charge on any atom is 0.221 e. The largest absolute Gasteiger partial charge is 0.377 e. The van der Waals surface area contributed by atoms with Gasteiger partial charge in [0.25, 0.3) is 0 Å². The molecule has 0 rings (SSSR count). The Bertz CT molecular complexity index is 284. The zero-order valence-corrected chi connectivity index (χ0v) is 10.3. The Balaban J connectivity index is 3.50. The number of rotatable bonds is 7. The summed E-state index contributed by atoms with van der Waals surface area (Å²) in [6.45, 7) is 4.68. The highest BCUT2D eigenvalue weighted by atomic mass is 32.2. The molecule has 15 heavy (non-hydrogen) atoms. The van der Waals surface area contributed by atoms with Crippen molar-refractivity contribution in [2.24, 2.45) is 0 Å². The summed E-state index contributed by atoms with van der Waals surface area (Å²) in [4.78, 5) is 11.1. The average molecular weight is 237 g/mol. The van der Waals surface area contributed by atoms with E-state index in [9.17, 15) is 13.2 Å².